The maximum absolute atomic E-state index is 11.0. The second-order valence-corrected chi connectivity index (χ2v) is 4.33. The first-order valence-electron chi connectivity index (χ1n) is 5.49. The Morgan fingerprint density at radius 1 is 1.24 bits per heavy atom. The van der Waals surface area contributed by atoms with Crippen molar-refractivity contribution in [3.8, 4) is 0 Å². The predicted molar refractivity (Wildman–Crippen MR) is 63.1 cm³/mol. The Morgan fingerprint density at radius 3 is 2.00 bits per heavy atom. The van der Waals surface area contributed by atoms with E-state index >= 15 is 0 Å². The molecule has 1 heterocycles. The third-order valence-corrected chi connectivity index (χ3v) is 2.62. The van der Waals surface area contributed by atoms with Gasteiger partial charge in [-0.2, -0.15) is 0 Å². The van der Waals surface area contributed by atoms with Crippen molar-refractivity contribution >= 4 is 5.97 Å². The van der Waals surface area contributed by atoms with Gasteiger partial charge in [-0.25, -0.2) is 14.8 Å². The number of hydrogen-bond donors (Lipinski definition) is 1. The van der Waals surface area contributed by atoms with Gasteiger partial charge in [-0.1, -0.05) is 13.8 Å². The Hall–Kier alpha value is -1.49. The molecule has 0 aromatic carbocycles. The SMILES string of the molecule is COC(c1nc(C)c(C(=O)O)c(C)n1)C(C)C. The molecular weight excluding hydrogens is 220 g/mol. The maximum Gasteiger partial charge on any atom is 0.339 e. The lowest BCUT2D eigenvalue weighted by Gasteiger charge is -2.19. The molecule has 1 atom stereocenters. The van der Waals surface area contributed by atoms with Crippen molar-refractivity contribution in [2.75, 3.05) is 7.11 Å². The Labute approximate surface area is 101 Å². The van der Waals surface area contributed by atoms with Gasteiger partial charge in [-0.15, -0.1) is 0 Å². The molecule has 0 saturated heterocycles. The molecule has 0 radical (unpaired) electrons. The van der Waals surface area contributed by atoms with Crippen molar-refractivity contribution in [3.63, 3.8) is 0 Å². The van der Waals surface area contributed by atoms with Crippen LogP contribution in [-0.4, -0.2) is 28.2 Å². The first-order valence-corrected chi connectivity index (χ1v) is 5.49. The molecule has 1 N–H and O–H groups in total. The van der Waals surface area contributed by atoms with Crippen LogP contribution in [0.25, 0.3) is 0 Å². The first-order chi connectivity index (χ1) is 7.88. The van der Waals surface area contributed by atoms with Crippen molar-refractivity contribution < 1.29 is 14.6 Å². The highest BCUT2D eigenvalue weighted by molar-refractivity contribution is 5.89. The van der Waals surface area contributed by atoms with Gasteiger partial charge in [0.05, 0.1) is 11.4 Å². The summed E-state index contributed by atoms with van der Waals surface area (Å²) < 4.78 is 5.34. The summed E-state index contributed by atoms with van der Waals surface area (Å²) in [5.74, 6) is -0.220. The summed E-state index contributed by atoms with van der Waals surface area (Å²) >= 11 is 0. The predicted octanol–water partition coefficient (Wildman–Crippen LogP) is 2.14. The minimum absolute atomic E-state index is 0.173. The van der Waals surface area contributed by atoms with Gasteiger partial charge in [0.25, 0.3) is 0 Å². The van der Waals surface area contributed by atoms with Crippen molar-refractivity contribution in [3.05, 3.63) is 22.8 Å². The molecular formula is C12H18N2O3. The number of aromatic carboxylic acids is 1. The lowest BCUT2D eigenvalue weighted by molar-refractivity contribution is 0.0568. The molecule has 1 aromatic heterocycles. The molecule has 0 amide bonds. The summed E-state index contributed by atoms with van der Waals surface area (Å²) in [6, 6.07) is 0. The molecule has 5 nitrogen and oxygen atoms in total. The average Bonchev–Trinajstić information content (AvgIpc) is 2.15. The summed E-state index contributed by atoms with van der Waals surface area (Å²) in [7, 11) is 1.60. The van der Waals surface area contributed by atoms with Crippen molar-refractivity contribution in [2.45, 2.75) is 33.8 Å². The van der Waals surface area contributed by atoms with Gasteiger partial charge in [-0.3, -0.25) is 0 Å². The standard InChI is InChI=1S/C12H18N2O3/c1-6(2)10(17-5)11-13-7(3)9(12(15)16)8(4)14-11/h6,10H,1-5H3,(H,15,16). The topological polar surface area (TPSA) is 72.3 Å². The minimum atomic E-state index is -0.995. The number of carboxylic acid groups (broad SMARTS) is 1. The number of nitrogens with zero attached hydrogens (tertiary/aromatic N) is 2. The number of rotatable bonds is 4. The summed E-state index contributed by atoms with van der Waals surface area (Å²) in [6.45, 7) is 7.37. The monoisotopic (exact) mass is 238 g/mol. The van der Waals surface area contributed by atoms with Crippen LogP contribution in [-0.2, 0) is 4.74 Å². The van der Waals surface area contributed by atoms with Crippen LogP contribution in [0.2, 0.25) is 0 Å². The number of carbonyl (C=O) groups is 1. The fourth-order valence-electron chi connectivity index (χ4n) is 1.85. The molecule has 0 spiro atoms. The highest BCUT2D eigenvalue weighted by Crippen LogP contribution is 2.23. The van der Waals surface area contributed by atoms with E-state index in [-0.39, 0.29) is 17.6 Å². The molecule has 17 heavy (non-hydrogen) atoms. The molecule has 0 aliphatic heterocycles. The largest absolute Gasteiger partial charge is 0.478 e. The van der Waals surface area contributed by atoms with E-state index in [1.807, 2.05) is 13.8 Å². The zero-order chi connectivity index (χ0) is 13.2. The van der Waals surface area contributed by atoms with Crippen molar-refractivity contribution in [1.82, 2.24) is 9.97 Å². The molecule has 0 bridgehead atoms. The Kier molecular flexibility index (Phi) is 4.17. The zero-order valence-electron chi connectivity index (χ0n) is 10.8. The lowest BCUT2D eigenvalue weighted by Crippen LogP contribution is -2.17. The highest BCUT2D eigenvalue weighted by Gasteiger charge is 2.22. The van der Waals surface area contributed by atoms with Crippen LogP contribution in [0.5, 0.6) is 0 Å². The molecule has 1 aromatic rings. The van der Waals surface area contributed by atoms with Crippen molar-refractivity contribution in [1.29, 1.82) is 0 Å². The number of aryl methyl sites for hydroxylation is 2. The van der Waals surface area contributed by atoms with Crippen LogP contribution in [0.4, 0.5) is 0 Å². The maximum atomic E-state index is 11.0. The third kappa shape index (κ3) is 2.79. The van der Waals surface area contributed by atoms with E-state index in [0.29, 0.717) is 17.2 Å². The normalized spacial score (nSPS) is 12.8. The number of hydrogen-bond acceptors (Lipinski definition) is 4. The van der Waals surface area contributed by atoms with E-state index in [9.17, 15) is 4.79 Å². The summed E-state index contributed by atoms with van der Waals surface area (Å²) in [5, 5.41) is 9.03. The van der Waals surface area contributed by atoms with Gasteiger partial charge in [0.1, 0.15) is 11.7 Å². The summed E-state index contributed by atoms with van der Waals surface area (Å²) in [5.41, 5.74) is 1.12. The summed E-state index contributed by atoms with van der Waals surface area (Å²) in [6.07, 6.45) is -0.213. The number of carboxylic acids is 1. The van der Waals surface area contributed by atoms with E-state index in [2.05, 4.69) is 9.97 Å². The van der Waals surface area contributed by atoms with Gasteiger partial charge in [0.2, 0.25) is 0 Å². The Morgan fingerprint density at radius 2 is 1.71 bits per heavy atom. The van der Waals surface area contributed by atoms with Crippen molar-refractivity contribution in [2.24, 2.45) is 5.92 Å². The highest BCUT2D eigenvalue weighted by atomic mass is 16.5. The third-order valence-electron chi connectivity index (χ3n) is 2.62. The van der Waals surface area contributed by atoms with Crippen LogP contribution in [0, 0.1) is 19.8 Å². The van der Waals surface area contributed by atoms with Crippen LogP contribution < -0.4 is 0 Å². The van der Waals surface area contributed by atoms with E-state index in [1.165, 1.54) is 0 Å². The molecule has 1 rings (SSSR count). The number of aromatic nitrogens is 2. The van der Waals surface area contributed by atoms with E-state index in [1.54, 1.807) is 21.0 Å². The van der Waals surface area contributed by atoms with Gasteiger partial charge in [0, 0.05) is 7.11 Å². The Bertz CT molecular complexity index is 407. The lowest BCUT2D eigenvalue weighted by atomic mass is 10.1. The van der Waals surface area contributed by atoms with Crippen LogP contribution >= 0.6 is 0 Å². The second kappa shape index (κ2) is 5.23. The fourth-order valence-corrected chi connectivity index (χ4v) is 1.85. The molecule has 0 fully saturated rings. The van der Waals surface area contributed by atoms with Crippen LogP contribution in [0.15, 0.2) is 0 Å². The fraction of sp³-hybridized carbons (Fsp3) is 0.583. The van der Waals surface area contributed by atoms with E-state index in [0.717, 1.165) is 0 Å². The van der Waals surface area contributed by atoms with Gasteiger partial charge in [-0.05, 0) is 19.8 Å². The molecule has 0 aliphatic rings. The quantitative estimate of drug-likeness (QED) is 0.870. The van der Waals surface area contributed by atoms with Gasteiger partial charge >= 0.3 is 5.97 Å². The molecule has 94 valence electrons. The van der Waals surface area contributed by atoms with Crippen LogP contribution in [0.1, 0.15) is 47.5 Å². The molecule has 0 aliphatic carbocycles. The zero-order valence-corrected chi connectivity index (χ0v) is 10.8. The van der Waals surface area contributed by atoms with Gasteiger partial charge in [0.15, 0.2) is 5.82 Å². The second-order valence-electron chi connectivity index (χ2n) is 4.33. The smallest absolute Gasteiger partial charge is 0.339 e. The molecule has 0 saturated carbocycles. The minimum Gasteiger partial charge on any atom is -0.478 e. The number of methoxy groups -OCH3 is 1. The van der Waals surface area contributed by atoms with E-state index < -0.39 is 5.97 Å². The molecule has 5 heteroatoms. The van der Waals surface area contributed by atoms with Gasteiger partial charge < -0.3 is 9.84 Å². The van der Waals surface area contributed by atoms with E-state index in [4.69, 9.17) is 9.84 Å². The summed E-state index contributed by atoms with van der Waals surface area (Å²) in [4.78, 5) is 19.5. The average molecular weight is 238 g/mol. The molecule has 1 unspecified atom stereocenters. The Balaban J connectivity index is 3.26. The number of ether oxygens (including phenoxy) is 1. The van der Waals surface area contributed by atoms with Crippen LogP contribution in [0.3, 0.4) is 0 Å². The first kappa shape index (κ1) is 13.6.